The minimum Gasteiger partial charge on any atom is -0.444 e. The number of rotatable bonds is 7. The summed E-state index contributed by atoms with van der Waals surface area (Å²) in [5, 5.41) is 5.26. The maximum absolute atomic E-state index is 12.8. The third-order valence-corrected chi connectivity index (χ3v) is 6.26. The van der Waals surface area contributed by atoms with Crippen molar-refractivity contribution in [1.29, 1.82) is 0 Å². The van der Waals surface area contributed by atoms with Crippen molar-refractivity contribution >= 4 is 17.9 Å². The number of carbonyl (C=O) groups is 3. The van der Waals surface area contributed by atoms with Gasteiger partial charge in [0.2, 0.25) is 5.91 Å². The summed E-state index contributed by atoms with van der Waals surface area (Å²) in [6, 6.07) is 4.03. The van der Waals surface area contributed by atoms with Crippen molar-refractivity contribution in [3.63, 3.8) is 0 Å². The molecule has 2 saturated heterocycles. The van der Waals surface area contributed by atoms with Crippen LogP contribution in [0.5, 0.6) is 0 Å². The topological polar surface area (TPSA) is 94.2 Å². The smallest absolute Gasteiger partial charge is 0.416 e. The lowest BCUT2D eigenvalue weighted by Gasteiger charge is -2.36. The molecule has 0 spiro atoms. The third-order valence-electron chi connectivity index (χ3n) is 6.26. The van der Waals surface area contributed by atoms with Crippen molar-refractivity contribution in [3.05, 3.63) is 35.4 Å². The van der Waals surface area contributed by atoms with Crippen molar-refractivity contribution in [2.45, 2.75) is 45.0 Å². The molecule has 0 unspecified atom stereocenters. The first kappa shape index (κ1) is 28.7. The fourth-order valence-corrected chi connectivity index (χ4v) is 4.30. The molecule has 206 valence electrons. The van der Waals surface area contributed by atoms with Crippen LogP contribution in [-0.2, 0) is 15.7 Å². The fourth-order valence-electron chi connectivity index (χ4n) is 4.30. The molecular weight excluding hydrogens is 491 g/mol. The van der Waals surface area contributed by atoms with E-state index < -0.39 is 23.2 Å². The molecule has 3 amide bonds. The molecule has 1 aromatic carbocycles. The van der Waals surface area contributed by atoms with Crippen LogP contribution in [0.1, 0.15) is 43.1 Å². The van der Waals surface area contributed by atoms with E-state index in [0.29, 0.717) is 19.6 Å². The van der Waals surface area contributed by atoms with Crippen LogP contribution < -0.4 is 10.6 Å². The number of carbonyl (C=O) groups excluding carboxylic acids is 3. The lowest BCUT2D eigenvalue weighted by molar-refractivity contribution is -0.137. The average Bonchev–Trinajstić information content (AvgIpc) is 3.27. The van der Waals surface area contributed by atoms with Gasteiger partial charge >= 0.3 is 12.3 Å². The highest BCUT2D eigenvalue weighted by Crippen LogP contribution is 2.29. The van der Waals surface area contributed by atoms with E-state index in [-0.39, 0.29) is 30.2 Å². The van der Waals surface area contributed by atoms with Crippen LogP contribution in [0, 0.1) is 0 Å². The van der Waals surface area contributed by atoms with E-state index in [2.05, 4.69) is 20.4 Å². The van der Waals surface area contributed by atoms with Crippen molar-refractivity contribution < 1.29 is 32.3 Å². The number of hydrogen-bond donors (Lipinski definition) is 2. The van der Waals surface area contributed by atoms with E-state index in [9.17, 15) is 27.6 Å². The van der Waals surface area contributed by atoms with Gasteiger partial charge in [0.05, 0.1) is 12.1 Å². The summed E-state index contributed by atoms with van der Waals surface area (Å²) in [5.41, 5.74) is -1.58. The second kappa shape index (κ2) is 12.1. The van der Waals surface area contributed by atoms with Gasteiger partial charge in [-0.1, -0.05) is 6.07 Å². The number of amides is 3. The molecule has 9 nitrogen and oxygen atoms in total. The standard InChI is InChI=1S/C25H36F3N5O4/c1-24(2,3)37-23(36)33-13-11-31(12-14-33)9-10-32-8-7-20(17-32)30-21(34)16-29-22(35)18-5-4-6-19(15-18)25(26,27)28/h4-6,15,20H,7-14,16-17H2,1-3H3,(H,29,35)(H,30,34)/t20-/m1/s1. The van der Waals surface area contributed by atoms with Crippen LogP contribution in [0.25, 0.3) is 0 Å². The summed E-state index contributed by atoms with van der Waals surface area (Å²) >= 11 is 0. The number of nitrogens with zero attached hydrogens (tertiary/aromatic N) is 3. The van der Waals surface area contributed by atoms with Gasteiger partial charge in [0.1, 0.15) is 5.60 Å². The van der Waals surface area contributed by atoms with Crippen LogP contribution >= 0.6 is 0 Å². The third kappa shape index (κ3) is 9.19. The molecule has 37 heavy (non-hydrogen) atoms. The zero-order valence-corrected chi connectivity index (χ0v) is 21.6. The highest BCUT2D eigenvalue weighted by molar-refractivity contribution is 5.96. The second-order valence-corrected chi connectivity index (χ2v) is 10.4. The monoisotopic (exact) mass is 527 g/mol. The lowest BCUT2D eigenvalue weighted by Crippen LogP contribution is -2.51. The van der Waals surface area contributed by atoms with Gasteiger partial charge in [-0.05, 0) is 45.4 Å². The molecule has 0 radical (unpaired) electrons. The van der Waals surface area contributed by atoms with E-state index in [1.54, 1.807) is 4.90 Å². The normalized spacial score (nSPS) is 19.5. The number of likely N-dealkylation sites (tertiary alicyclic amines) is 1. The molecule has 1 atom stereocenters. The van der Waals surface area contributed by atoms with E-state index in [1.165, 1.54) is 6.07 Å². The van der Waals surface area contributed by atoms with Gasteiger partial charge in [0.15, 0.2) is 0 Å². The summed E-state index contributed by atoms with van der Waals surface area (Å²) in [6.45, 7) is 11.3. The molecule has 1 aromatic rings. The first-order valence-electron chi connectivity index (χ1n) is 12.5. The maximum Gasteiger partial charge on any atom is 0.416 e. The quantitative estimate of drug-likeness (QED) is 0.565. The van der Waals surface area contributed by atoms with Crippen molar-refractivity contribution in [2.24, 2.45) is 0 Å². The highest BCUT2D eigenvalue weighted by Gasteiger charge is 2.31. The second-order valence-electron chi connectivity index (χ2n) is 10.4. The Morgan fingerprint density at radius 1 is 1.00 bits per heavy atom. The molecule has 0 saturated carbocycles. The Bertz CT molecular complexity index is 958. The van der Waals surface area contributed by atoms with Gasteiger partial charge < -0.3 is 20.3 Å². The summed E-state index contributed by atoms with van der Waals surface area (Å²) in [6.07, 6.45) is -4.05. The molecule has 0 aliphatic carbocycles. The van der Waals surface area contributed by atoms with Crippen molar-refractivity contribution in [3.8, 4) is 0 Å². The average molecular weight is 528 g/mol. The van der Waals surface area contributed by atoms with Gasteiger partial charge in [-0.15, -0.1) is 0 Å². The first-order valence-corrected chi connectivity index (χ1v) is 12.5. The zero-order valence-electron chi connectivity index (χ0n) is 21.6. The molecule has 12 heteroatoms. The van der Waals surface area contributed by atoms with Gasteiger partial charge in [-0.2, -0.15) is 13.2 Å². The van der Waals surface area contributed by atoms with Crippen LogP contribution in [-0.4, -0.2) is 103 Å². The van der Waals surface area contributed by atoms with Gasteiger partial charge in [0.25, 0.3) is 5.91 Å². The summed E-state index contributed by atoms with van der Waals surface area (Å²) in [5.74, 6) is -1.12. The number of piperazine rings is 1. The van der Waals surface area contributed by atoms with E-state index >= 15 is 0 Å². The molecule has 2 heterocycles. The fraction of sp³-hybridized carbons (Fsp3) is 0.640. The number of alkyl halides is 3. The Morgan fingerprint density at radius 3 is 2.32 bits per heavy atom. The van der Waals surface area contributed by atoms with Gasteiger partial charge in [-0.25, -0.2) is 4.79 Å². The largest absolute Gasteiger partial charge is 0.444 e. The molecular formula is C25H36F3N5O4. The van der Waals surface area contributed by atoms with E-state index in [0.717, 1.165) is 57.3 Å². The summed E-state index contributed by atoms with van der Waals surface area (Å²) in [7, 11) is 0. The number of hydrogen-bond acceptors (Lipinski definition) is 6. The Hall–Kier alpha value is -2.86. The molecule has 2 N–H and O–H groups in total. The number of halogens is 3. The Labute approximate surface area is 215 Å². The molecule has 0 bridgehead atoms. The molecule has 0 aromatic heterocycles. The Balaban J connectivity index is 1.32. The van der Waals surface area contributed by atoms with E-state index in [1.807, 2.05) is 20.8 Å². The SMILES string of the molecule is CC(C)(C)OC(=O)N1CCN(CCN2CC[C@@H](NC(=O)CNC(=O)c3cccc(C(F)(F)F)c3)C2)CC1. The highest BCUT2D eigenvalue weighted by atomic mass is 19.4. The predicted molar refractivity (Wildman–Crippen MR) is 131 cm³/mol. The molecule has 2 aliphatic rings. The van der Waals surface area contributed by atoms with Gasteiger partial charge in [-0.3, -0.25) is 19.4 Å². The van der Waals surface area contributed by atoms with Crippen LogP contribution in [0.3, 0.4) is 0 Å². The number of nitrogens with one attached hydrogen (secondary N) is 2. The molecule has 2 aliphatic heterocycles. The van der Waals surface area contributed by atoms with Crippen LogP contribution in [0.4, 0.5) is 18.0 Å². The van der Waals surface area contributed by atoms with E-state index in [4.69, 9.17) is 4.74 Å². The maximum atomic E-state index is 12.8. The number of ether oxygens (including phenoxy) is 1. The van der Waals surface area contributed by atoms with Crippen molar-refractivity contribution in [2.75, 3.05) is 58.9 Å². The molecule has 2 fully saturated rings. The summed E-state index contributed by atoms with van der Waals surface area (Å²) < 4.78 is 43.9. The van der Waals surface area contributed by atoms with Gasteiger partial charge in [0, 0.05) is 64.0 Å². The zero-order chi connectivity index (χ0) is 27.2. The van der Waals surface area contributed by atoms with Crippen LogP contribution in [0.2, 0.25) is 0 Å². The predicted octanol–water partition coefficient (Wildman–Crippen LogP) is 2.18. The first-order chi connectivity index (χ1) is 17.3. The van der Waals surface area contributed by atoms with Crippen molar-refractivity contribution in [1.82, 2.24) is 25.3 Å². The Kier molecular flexibility index (Phi) is 9.41. The lowest BCUT2D eigenvalue weighted by atomic mass is 10.1. The minimum absolute atomic E-state index is 0.0537. The minimum atomic E-state index is -4.55. The summed E-state index contributed by atoms with van der Waals surface area (Å²) in [4.78, 5) is 42.9. The number of benzene rings is 1. The molecule has 3 rings (SSSR count). The van der Waals surface area contributed by atoms with Crippen LogP contribution in [0.15, 0.2) is 24.3 Å². The Morgan fingerprint density at radius 2 is 1.68 bits per heavy atom.